The molecule has 0 fully saturated rings. The van der Waals surface area contributed by atoms with Crippen molar-refractivity contribution in [2.75, 3.05) is 5.75 Å². The number of imidazole rings is 1. The predicted octanol–water partition coefficient (Wildman–Crippen LogP) is 2.64. The smallest absolute Gasteiger partial charge is 0.264 e. The topological polar surface area (TPSA) is 128 Å². The van der Waals surface area contributed by atoms with Crippen molar-refractivity contribution in [1.82, 2.24) is 14.5 Å². The summed E-state index contributed by atoms with van der Waals surface area (Å²) in [5, 5.41) is 1.68. The molecule has 0 bridgehead atoms. The first-order valence-electron chi connectivity index (χ1n) is 9.84. The van der Waals surface area contributed by atoms with Crippen molar-refractivity contribution in [1.29, 1.82) is 0 Å². The van der Waals surface area contributed by atoms with Crippen LogP contribution in [0.1, 0.15) is 16.4 Å². The zero-order chi connectivity index (χ0) is 22.5. The van der Waals surface area contributed by atoms with Crippen LogP contribution >= 0.6 is 0 Å². The molecule has 3 N–H and O–H groups in total. The Kier molecular flexibility index (Phi) is 4.56. The molecule has 4 aromatic rings. The van der Waals surface area contributed by atoms with Crippen molar-refractivity contribution in [2.24, 2.45) is 5.73 Å². The first-order valence-corrected chi connectivity index (χ1v) is 11.6. The maximum atomic E-state index is 13.2. The van der Waals surface area contributed by atoms with Crippen molar-refractivity contribution in [3.8, 4) is 22.6 Å². The van der Waals surface area contributed by atoms with Crippen molar-refractivity contribution >= 4 is 26.6 Å². The molecular weight excluding hydrogens is 428 g/mol. The van der Waals surface area contributed by atoms with Gasteiger partial charge in [-0.1, -0.05) is 48.5 Å². The Labute approximate surface area is 183 Å². The highest BCUT2D eigenvalue weighted by Crippen LogP contribution is 2.32. The Morgan fingerprint density at radius 2 is 1.91 bits per heavy atom. The summed E-state index contributed by atoms with van der Waals surface area (Å²) in [7, 11) is -3.45. The maximum absolute atomic E-state index is 13.2. The van der Waals surface area contributed by atoms with Crippen molar-refractivity contribution in [2.45, 2.75) is 6.04 Å². The number of hydrogen-bond donors (Lipinski definition) is 2. The second-order valence-electron chi connectivity index (χ2n) is 7.58. The fourth-order valence-corrected chi connectivity index (χ4v) is 5.29. The van der Waals surface area contributed by atoms with Gasteiger partial charge in [0.1, 0.15) is 11.4 Å². The van der Waals surface area contributed by atoms with Crippen LogP contribution < -0.4 is 11.3 Å². The molecule has 0 radical (unpaired) electrons. The van der Waals surface area contributed by atoms with Crippen LogP contribution in [0.3, 0.4) is 0 Å². The van der Waals surface area contributed by atoms with Crippen molar-refractivity contribution in [3.63, 3.8) is 0 Å². The van der Waals surface area contributed by atoms with Gasteiger partial charge in [0, 0.05) is 16.5 Å². The molecule has 1 atom stereocenters. The van der Waals surface area contributed by atoms with E-state index in [1.165, 1.54) is 16.7 Å². The van der Waals surface area contributed by atoms with E-state index in [-0.39, 0.29) is 11.3 Å². The van der Waals surface area contributed by atoms with E-state index in [1.807, 2.05) is 36.4 Å². The van der Waals surface area contributed by atoms with Crippen LogP contribution in [0.5, 0.6) is 0 Å². The standard InChI is InChI=1S/C23H18N4O4S/c24-21(28)18-11-15-7-4-8-17(19-12-25-22(26-19)14-5-2-1-3-6-14)20(15)27(23(18)29)16-9-10-32(30,31)13-16/h1-12,16H,13H2,(H2,24,28)(H,25,26). The maximum Gasteiger partial charge on any atom is 0.264 e. The van der Waals surface area contributed by atoms with E-state index in [0.29, 0.717) is 28.0 Å². The molecule has 32 heavy (non-hydrogen) atoms. The van der Waals surface area contributed by atoms with Gasteiger partial charge in [0.25, 0.3) is 11.5 Å². The molecule has 160 valence electrons. The third kappa shape index (κ3) is 3.32. The summed E-state index contributed by atoms with van der Waals surface area (Å²) in [5.74, 6) is -0.478. The van der Waals surface area contributed by atoms with Gasteiger partial charge in [-0.05, 0) is 17.5 Å². The van der Waals surface area contributed by atoms with Crippen molar-refractivity contribution in [3.05, 3.63) is 88.2 Å². The number of carbonyl (C=O) groups is 1. The molecule has 0 saturated heterocycles. The number of rotatable bonds is 4. The summed E-state index contributed by atoms with van der Waals surface area (Å²) in [6, 6.07) is 15.6. The molecular formula is C23H18N4O4S. The van der Waals surface area contributed by atoms with Crippen LogP contribution in [0.2, 0.25) is 0 Å². The van der Waals surface area contributed by atoms with E-state index in [1.54, 1.807) is 18.3 Å². The third-order valence-corrected chi connectivity index (χ3v) is 6.86. The van der Waals surface area contributed by atoms with E-state index >= 15 is 0 Å². The van der Waals surface area contributed by atoms with Gasteiger partial charge in [-0.25, -0.2) is 13.4 Å². The molecule has 1 unspecified atom stereocenters. The fraction of sp³-hybridized carbons (Fsp3) is 0.0870. The summed E-state index contributed by atoms with van der Waals surface area (Å²) >= 11 is 0. The molecule has 8 nitrogen and oxygen atoms in total. The Balaban J connectivity index is 1.78. The highest BCUT2D eigenvalue weighted by molar-refractivity contribution is 7.94. The monoisotopic (exact) mass is 446 g/mol. The van der Waals surface area contributed by atoms with Crippen LogP contribution in [-0.2, 0) is 9.84 Å². The van der Waals surface area contributed by atoms with Crippen LogP contribution in [0, 0.1) is 0 Å². The van der Waals surface area contributed by atoms with E-state index in [2.05, 4.69) is 9.97 Å². The number of nitrogens with zero attached hydrogens (tertiary/aromatic N) is 2. The van der Waals surface area contributed by atoms with Gasteiger partial charge in [0.15, 0.2) is 9.84 Å². The number of allylic oxidation sites excluding steroid dienone is 1. The number of amides is 1. The molecule has 5 rings (SSSR count). The number of sulfone groups is 1. The fourth-order valence-electron chi connectivity index (χ4n) is 4.03. The molecule has 0 aliphatic carbocycles. The lowest BCUT2D eigenvalue weighted by Gasteiger charge is -2.18. The number of nitrogens with one attached hydrogen (secondary N) is 1. The minimum absolute atomic E-state index is 0.193. The number of para-hydroxylation sites is 1. The van der Waals surface area contributed by atoms with Crippen LogP contribution in [0.15, 0.2) is 77.1 Å². The van der Waals surface area contributed by atoms with Gasteiger partial charge in [0.2, 0.25) is 0 Å². The van der Waals surface area contributed by atoms with E-state index in [9.17, 15) is 18.0 Å². The molecule has 2 aromatic carbocycles. The zero-order valence-electron chi connectivity index (χ0n) is 16.7. The Morgan fingerprint density at radius 1 is 1.12 bits per heavy atom. The van der Waals surface area contributed by atoms with Crippen LogP contribution in [-0.4, -0.2) is 34.6 Å². The molecule has 1 aliphatic rings. The lowest BCUT2D eigenvalue weighted by molar-refractivity contribution is 0.0998. The van der Waals surface area contributed by atoms with Gasteiger partial charge in [-0.3, -0.25) is 14.2 Å². The summed E-state index contributed by atoms with van der Waals surface area (Å²) in [5.41, 5.74) is 7.32. The van der Waals surface area contributed by atoms with Gasteiger partial charge in [0.05, 0.1) is 29.2 Å². The van der Waals surface area contributed by atoms with Gasteiger partial charge in [-0.2, -0.15) is 0 Å². The third-order valence-electron chi connectivity index (χ3n) is 5.48. The Hall–Kier alpha value is -3.98. The Bertz CT molecular complexity index is 1570. The molecule has 9 heteroatoms. The SMILES string of the molecule is NC(=O)c1cc2cccc(-c3cnc(-c4ccccc4)[nH]3)c2n(C2C=CS(=O)(=O)C2)c1=O. The average Bonchev–Trinajstić information content (AvgIpc) is 3.40. The second kappa shape index (κ2) is 7.31. The number of carbonyl (C=O) groups excluding carboxylic acids is 1. The minimum atomic E-state index is -3.45. The quantitative estimate of drug-likeness (QED) is 0.498. The van der Waals surface area contributed by atoms with E-state index < -0.39 is 27.3 Å². The zero-order valence-corrected chi connectivity index (χ0v) is 17.5. The largest absolute Gasteiger partial charge is 0.365 e. The highest BCUT2D eigenvalue weighted by atomic mass is 32.2. The van der Waals surface area contributed by atoms with Gasteiger partial charge >= 0.3 is 0 Å². The van der Waals surface area contributed by atoms with Gasteiger partial charge in [-0.15, -0.1) is 0 Å². The lowest BCUT2D eigenvalue weighted by atomic mass is 10.0. The minimum Gasteiger partial charge on any atom is -0.365 e. The highest BCUT2D eigenvalue weighted by Gasteiger charge is 2.28. The number of nitrogens with two attached hydrogens (primary N) is 1. The molecule has 1 amide bonds. The van der Waals surface area contributed by atoms with E-state index in [0.717, 1.165) is 11.0 Å². The number of primary amides is 1. The number of aromatic amines is 1. The summed E-state index contributed by atoms with van der Waals surface area (Å²) in [6.45, 7) is 0. The number of pyridine rings is 1. The summed E-state index contributed by atoms with van der Waals surface area (Å²) in [4.78, 5) is 32.9. The van der Waals surface area contributed by atoms with Crippen LogP contribution in [0.25, 0.3) is 33.5 Å². The number of fused-ring (bicyclic) bond motifs is 1. The summed E-state index contributed by atoms with van der Waals surface area (Å²) < 4.78 is 25.5. The number of benzene rings is 2. The molecule has 0 spiro atoms. The van der Waals surface area contributed by atoms with Gasteiger partial charge < -0.3 is 10.7 Å². The number of aromatic nitrogens is 3. The Morgan fingerprint density at radius 3 is 2.59 bits per heavy atom. The first-order chi connectivity index (χ1) is 15.3. The number of H-pyrrole nitrogens is 1. The number of hydrogen-bond acceptors (Lipinski definition) is 5. The predicted molar refractivity (Wildman–Crippen MR) is 122 cm³/mol. The van der Waals surface area contributed by atoms with E-state index in [4.69, 9.17) is 5.73 Å². The first kappa shape index (κ1) is 20.0. The normalized spacial score (nSPS) is 17.1. The average molecular weight is 446 g/mol. The van der Waals surface area contributed by atoms with Crippen molar-refractivity contribution < 1.29 is 13.2 Å². The molecule has 1 aliphatic heterocycles. The molecule has 3 heterocycles. The molecule has 2 aromatic heterocycles. The lowest BCUT2D eigenvalue weighted by Crippen LogP contribution is -2.33. The van der Waals surface area contributed by atoms with Crippen LogP contribution in [0.4, 0.5) is 0 Å². The molecule has 0 saturated carbocycles. The second-order valence-corrected chi connectivity index (χ2v) is 9.51. The summed E-state index contributed by atoms with van der Waals surface area (Å²) in [6.07, 6.45) is 3.12.